The van der Waals surface area contributed by atoms with Crippen LogP contribution in [0.5, 0.6) is 0 Å². The molecule has 0 amide bonds. The summed E-state index contributed by atoms with van der Waals surface area (Å²) in [6, 6.07) is 0. The van der Waals surface area contributed by atoms with E-state index >= 15 is 0 Å². The third kappa shape index (κ3) is 2.74. The number of hydrogen-bond donors (Lipinski definition) is 0. The van der Waals surface area contributed by atoms with Gasteiger partial charge in [0.05, 0.1) is 10.6 Å². The average molecular weight is 266 g/mol. The van der Waals surface area contributed by atoms with Crippen molar-refractivity contribution in [3.63, 3.8) is 0 Å². The lowest BCUT2D eigenvalue weighted by atomic mass is 9.91. The van der Waals surface area contributed by atoms with Gasteiger partial charge in [0.15, 0.2) is 11.4 Å². The summed E-state index contributed by atoms with van der Waals surface area (Å²) >= 11 is 1.54. The quantitative estimate of drug-likeness (QED) is 0.768. The fraction of sp³-hybridized carbons (Fsp3) is 0.714. The molecule has 0 aliphatic carbocycles. The van der Waals surface area contributed by atoms with Crippen molar-refractivity contribution in [1.82, 2.24) is 4.98 Å². The Kier molecular flexibility index (Phi) is 3.76. The van der Waals surface area contributed by atoms with Crippen molar-refractivity contribution in [3.8, 4) is 0 Å². The molecule has 0 N–H and O–H groups in total. The summed E-state index contributed by atoms with van der Waals surface area (Å²) in [7, 11) is 0. The van der Waals surface area contributed by atoms with Gasteiger partial charge in [-0.1, -0.05) is 39.0 Å². The molecule has 1 saturated heterocycles. The predicted octanol–water partition coefficient (Wildman–Crippen LogP) is 3.49. The van der Waals surface area contributed by atoms with Crippen LogP contribution in [0.4, 0.5) is 5.13 Å². The van der Waals surface area contributed by atoms with E-state index in [9.17, 15) is 4.79 Å². The van der Waals surface area contributed by atoms with Gasteiger partial charge < -0.3 is 4.90 Å². The zero-order valence-corrected chi connectivity index (χ0v) is 12.5. The van der Waals surface area contributed by atoms with Crippen molar-refractivity contribution in [3.05, 3.63) is 10.6 Å². The Hall–Kier alpha value is -0.900. The van der Waals surface area contributed by atoms with E-state index in [1.165, 1.54) is 12.8 Å². The molecule has 0 atom stereocenters. The second-order valence-electron chi connectivity index (χ2n) is 6.25. The Labute approximate surface area is 113 Å². The maximum atomic E-state index is 11.2. The van der Waals surface area contributed by atoms with Gasteiger partial charge in [-0.15, -0.1) is 0 Å². The Morgan fingerprint density at radius 2 is 1.94 bits per heavy atom. The smallest absolute Gasteiger partial charge is 0.186 e. The Morgan fingerprint density at radius 1 is 1.33 bits per heavy atom. The molecule has 0 aromatic carbocycles. The van der Waals surface area contributed by atoms with Crippen LogP contribution in [0.3, 0.4) is 0 Å². The third-order valence-electron chi connectivity index (χ3n) is 3.51. The number of carbonyl (C=O) groups excluding carboxylic acids is 1. The molecule has 4 heteroatoms. The molecule has 18 heavy (non-hydrogen) atoms. The molecule has 1 aliphatic heterocycles. The summed E-state index contributed by atoms with van der Waals surface area (Å²) < 4.78 is 0. The lowest BCUT2D eigenvalue weighted by molar-refractivity contribution is 0.112. The second kappa shape index (κ2) is 5.00. The predicted molar refractivity (Wildman–Crippen MR) is 76.8 cm³/mol. The lowest BCUT2D eigenvalue weighted by Gasteiger charge is -2.29. The molecule has 0 unspecified atom stereocenters. The minimum absolute atomic E-state index is 0.0614. The number of nitrogens with zero attached hydrogens (tertiary/aromatic N) is 2. The molecule has 0 bridgehead atoms. The Bertz CT molecular complexity index is 425. The zero-order valence-electron chi connectivity index (χ0n) is 11.7. The van der Waals surface area contributed by atoms with Gasteiger partial charge in [0.1, 0.15) is 0 Å². The minimum Gasteiger partial charge on any atom is -0.348 e. The van der Waals surface area contributed by atoms with E-state index in [1.54, 1.807) is 11.3 Å². The van der Waals surface area contributed by atoms with Gasteiger partial charge >= 0.3 is 0 Å². The summed E-state index contributed by atoms with van der Waals surface area (Å²) in [5, 5.41) is 1.02. The van der Waals surface area contributed by atoms with Gasteiger partial charge in [0.2, 0.25) is 0 Å². The maximum absolute atomic E-state index is 11.2. The lowest BCUT2D eigenvalue weighted by Crippen LogP contribution is -2.32. The van der Waals surface area contributed by atoms with E-state index in [0.29, 0.717) is 0 Å². The number of anilines is 1. The highest BCUT2D eigenvalue weighted by Gasteiger charge is 2.26. The van der Waals surface area contributed by atoms with Gasteiger partial charge in [0, 0.05) is 18.5 Å². The number of hydrogen-bond acceptors (Lipinski definition) is 4. The molecular weight excluding hydrogens is 244 g/mol. The van der Waals surface area contributed by atoms with Gasteiger partial charge in [-0.3, -0.25) is 4.79 Å². The standard InChI is InChI=1S/C14H22N2OS/c1-10-5-7-16(8-6-10)13-15-12(14(2,3)4)11(9-17)18-13/h9-10H,5-8H2,1-4H3. The second-order valence-corrected chi connectivity index (χ2v) is 7.26. The fourth-order valence-electron chi connectivity index (χ4n) is 2.27. The monoisotopic (exact) mass is 266 g/mol. The molecule has 100 valence electrons. The van der Waals surface area contributed by atoms with Crippen LogP contribution in [0.2, 0.25) is 0 Å². The summed E-state index contributed by atoms with van der Waals surface area (Å²) in [5.74, 6) is 0.814. The van der Waals surface area contributed by atoms with Crippen molar-refractivity contribution in [2.75, 3.05) is 18.0 Å². The molecule has 1 fully saturated rings. The van der Waals surface area contributed by atoms with Crippen LogP contribution < -0.4 is 4.90 Å². The molecule has 2 rings (SSSR count). The first kappa shape index (κ1) is 13.5. The number of aldehydes is 1. The van der Waals surface area contributed by atoms with Crippen LogP contribution in [0.1, 0.15) is 55.9 Å². The topological polar surface area (TPSA) is 33.2 Å². The van der Waals surface area contributed by atoms with E-state index in [1.807, 2.05) is 0 Å². The summed E-state index contributed by atoms with van der Waals surface area (Å²) in [5.41, 5.74) is 0.879. The van der Waals surface area contributed by atoms with Crippen LogP contribution >= 0.6 is 11.3 Å². The van der Waals surface area contributed by atoms with Crippen molar-refractivity contribution >= 4 is 22.8 Å². The Balaban J connectivity index is 2.25. The van der Waals surface area contributed by atoms with Crippen LogP contribution in [0.25, 0.3) is 0 Å². The molecule has 3 nitrogen and oxygen atoms in total. The number of carbonyl (C=O) groups is 1. The number of piperidine rings is 1. The number of aromatic nitrogens is 1. The molecule has 1 aliphatic rings. The normalized spacial score (nSPS) is 18.1. The van der Waals surface area contributed by atoms with E-state index < -0.39 is 0 Å². The van der Waals surface area contributed by atoms with Gasteiger partial charge in [-0.25, -0.2) is 4.98 Å². The largest absolute Gasteiger partial charge is 0.348 e. The minimum atomic E-state index is -0.0614. The molecule has 1 aromatic heterocycles. The molecule has 0 saturated carbocycles. The molecule has 0 radical (unpaired) electrons. The van der Waals surface area contributed by atoms with Crippen molar-refractivity contribution in [1.29, 1.82) is 0 Å². The van der Waals surface area contributed by atoms with Gasteiger partial charge in [0.25, 0.3) is 0 Å². The fourth-order valence-corrected chi connectivity index (χ4v) is 3.41. The number of thiazole rings is 1. The van der Waals surface area contributed by atoms with Crippen molar-refractivity contribution < 1.29 is 4.79 Å². The van der Waals surface area contributed by atoms with Crippen molar-refractivity contribution in [2.24, 2.45) is 5.92 Å². The van der Waals surface area contributed by atoms with E-state index in [2.05, 4.69) is 32.6 Å². The summed E-state index contributed by atoms with van der Waals surface area (Å²) in [4.78, 5) is 19.0. The van der Waals surface area contributed by atoms with E-state index in [4.69, 9.17) is 4.98 Å². The highest BCUT2D eigenvalue weighted by Crippen LogP contribution is 2.34. The molecule has 2 heterocycles. The molecular formula is C14H22N2OS. The van der Waals surface area contributed by atoms with E-state index in [0.717, 1.165) is 41.0 Å². The van der Waals surface area contributed by atoms with Crippen LogP contribution in [0.15, 0.2) is 0 Å². The summed E-state index contributed by atoms with van der Waals surface area (Å²) in [6.07, 6.45) is 3.40. The molecule has 0 spiro atoms. The summed E-state index contributed by atoms with van der Waals surface area (Å²) in [6.45, 7) is 10.8. The van der Waals surface area contributed by atoms with Crippen LogP contribution in [-0.2, 0) is 5.41 Å². The van der Waals surface area contributed by atoms with Crippen LogP contribution in [0, 0.1) is 5.92 Å². The first-order valence-corrected chi connectivity index (χ1v) is 7.45. The third-order valence-corrected chi connectivity index (χ3v) is 4.56. The maximum Gasteiger partial charge on any atom is 0.186 e. The SMILES string of the molecule is CC1CCN(c2nc(C(C)(C)C)c(C=O)s2)CC1. The molecule has 1 aromatic rings. The van der Waals surface area contributed by atoms with E-state index in [-0.39, 0.29) is 5.41 Å². The Morgan fingerprint density at radius 3 is 2.39 bits per heavy atom. The van der Waals surface area contributed by atoms with Gasteiger partial charge in [-0.2, -0.15) is 0 Å². The first-order valence-electron chi connectivity index (χ1n) is 6.63. The van der Waals surface area contributed by atoms with Crippen LogP contribution in [-0.4, -0.2) is 24.4 Å². The zero-order chi connectivity index (χ0) is 13.3. The first-order chi connectivity index (χ1) is 8.41. The highest BCUT2D eigenvalue weighted by molar-refractivity contribution is 7.17. The average Bonchev–Trinajstić information content (AvgIpc) is 2.73. The number of rotatable bonds is 2. The highest BCUT2D eigenvalue weighted by atomic mass is 32.1. The van der Waals surface area contributed by atoms with Gasteiger partial charge in [-0.05, 0) is 18.8 Å². The van der Waals surface area contributed by atoms with Crippen molar-refractivity contribution in [2.45, 2.75) is 46.0 Å².